The molecule has 2 aromatic carbocycles. The Morgan fingerprint density at radius 3 is 2.38 bits per heavy atom. The molecule has 0 saturated carbocycles. The van der Waals surface area contributed by atoms with Gasteiger partial charge in [0.15, 0.2) is 0 Å². The summed E-state index contributed by atoms with van der Waals surface area (Å²) in [5, 5.41) is 2.59. The van der Waals surface area contributed by atoms with Gasteiger partial charge in [0.05, 0.1) is 38.1 Å². The first-order chi connectivity index (χ1) is 18.3. The quantitative estimate of drug-likeness (QED) is 0.257. The molecule has 1 aliphatic heterocycles. The Hall–Kier alpha value is -2.51. The maximum Gasteiger partial charge on any atom is 0.407 e. The lowest BCUT2D eigenvalue weighted by Gasteiger charge is -2.39. The summed E-state index contributed by atoms with van der Waals surface area (Å²) in [6, 6.07) is 13.1. The number of sulfonamides is 1. The number of alkyl carbamates (subject to hydrolysis) is 1. The number of nitrogens with zero attached hydrogens (tertiary/aromatic N) is 1. The fourth-order valence-electron chi connectivity index (χ4n) is 4.15. The summed E-state index contributed by atoms with van der Waals surface area (Å²) < 4.78 is 55.6. The first kappa shape index (κ1) is 31.0. The van der Waals surface area contributed by atoms with Gasteiger partial charge in [-0.2, -0.15) is 4.31 Å². The van der Waals surface area contributed by atoms with Crippen molar-refractivity contribution >= 4 is 29.6 Å². The topological polar surface area (TPSA) is 183 Å². The van der Waals surface area contributed by atoms with Crippen LogP contribution in [0.2, 0.25) is 0 Å². The van der Waals surface area contributed by atoms with Gasteiger partial charge in [0.2, 0.25) is 10.0 Å². The van der Waals surface area contributed by atoms with Crippen molar-refractivity contribution in [2.24, 2.45) is 5.92 Å². The van der Waals surface area contributed by atoms with Gasteiger partial charge in [0.1, 0.15) is 6.10 Å². The number of carbonyl (C=O) groups is 1. The SMILES string of the molecule is CC(C)CN(C[C@@H](OP(=O)([O-])[O-])[C@H](Cc1ccccc1)NC(=O)O[C@@H]1CCOC1)S(=O)(=O)c1ccc(N)cc1. The van der Waals surface area contributed by atoms with Crippen molar-refractivity contribution in [3.8, 4) is 0 Å². The number of amides is 1. The number of phosphoric acid groups is 1. The monoisotopic (exact) mass is 583 g/mol. The highest BCUT2D eigenvalue weighted by Gasteiger charge is 2.34. The minimum atomic E-state index is -5.62. The van der Waals surface area contributed by atoms with Crippen LogP contribution in [0.4, 0.5) is 10.5 Å². The highest BCUT2D eigenvalue weighted by Crippen LogP contribution is 2.31. The van der Waals surface area contributed by atoms with E-state index in [1.54, 1.807) is 44.2 Å². The van der Waals surface area contributed by atoms with Crippen LogP contribution in [0, 0.1) is 5.92 Å². The summed E-state index contributed by atoms with van der Waals surface area (Å²) in [6.45, 7) is 3.66. The molecule has 0 unspecified atom stereocenters. The van der Waals surface area contributed by atoms with Crippen molar-refractivity contribution in [3.05, 3.63) is 60.2 Å². The number of rotatable bonds is 13. The largest absolute Gasteiger partial charge is 0.790 e. The fraction of sp³-hybridized carbons (Fsp3) is 0.480. The molecule has 0 aliphatic carbocycles. The highest BCUT2D eigenvalue weighted by atomic mass is 32.2. The second-order valence-corrected chi connectivity index (χ2v) is 12.8. The molecule has 3 atom stereocenters. The number of benzene rings is 2. The standard InChI is InChI=1S/C25H36N3O9PS/c1-18(2)15-28(39(33,34)22-10-8-20(26)9-11-22)16-24(37-38(30,31)32)23(14-19-6-4-3-5-7-19)27-25(29)36-21-12-13-35-17-21/h3-11,18,21,23-24H,12-17,26H2,1-2H3,(H,27,29)(H2,30,31,32)/p-2/t21-,23+,24-/m1/s1. The van der Waals surface area contributed by atoms with E-state index in [1.807, 2.05) is 0 Å². The van der Waals surface area contributed by atoms with Crippen molar-refractivity contribution in [1.82, 2.24) is 9.62 Å². The first-order valence-corrected chi connectivity index (χ1v) is 15.4. The van der Waals surface area contributed by atoms with Gasteiger partial charge in [0.25, 0.3) is 0 Å². The molecule has 2 aromatic rings. The van der Waals surface area contributed by atoms with Crippen LogP contribution in [0.5, 0.6) is 0 Å². The van der Waals surface area contributed by atoms with E-state index >= 15 is 0 Å². The van der Waals surface area contributed by atoms with Crippen LogP contribution < -0.4 is 20.8 Å². The van der Waals surface area contributed by atoms with Crippen LogP contribution in [0.25, 0.3) is 0 Å². The van der Waals surface area contributed by atoms with Crippen molar-refractivity contribution in [2.75, 3.05) is 32.0 Å². The number of hydrogen-bond acceptors (Lipinski definition) is 10. The lowest BCUT2D eigenvalue weighted by molar-refractivity contribution is -0.345. The number of hydrogen-bond donors (Lipinski definition) is 2. The molecule has 0 bridgehead atoms. The minimum Gasteiger partial charge on any atom is -0.790 e. The summed E-state index contributed by atoms with van der Waals surface area (Å²) in [4.78, 5) is 36.4. The molecule has 0 aromatic heterocycles. The van der Waals surface area contributed by atoms with Gasteiger partial charge in [-0.1, -0.05) is 44.2 Å². The summed E-state index contributed by atoms with van der Waals surface area (Å²) in [5.41, 5.74) is 6.75. The molecule has 12 nitrogen and oxygen atoms in total. The van der Waals surface area contributed by atoms with Crippen molar-refractivity contribution in [2.45, 2.75) is 49.8 Å². The van der Waals surface area contributed by atoms with Gasteiger partial charge in [0, 0.05) is 25.2 Å². The van der Waals surface area contributed by atoms with Crippen LogP contribution in [-0.2, 0) is 35.0 Å². The van der Waals surface area contributed by atoms with E-state index in [9.17, 15) is 27.6 Å². The minimum absolute atomic E-state index is 0.0174. The molecule has 1 heterocycles. The number of nitrogens with one attached hydrogen (secondary N) is 1. The van der Waals surface area contributed by atoms with E-state index in [1.165, 1.54) is 24.3 Å². The van der Waals surface area contributed by atoms with Crippen LogP contribution in [0.15, 0.2) is 59.5 Å². The number of ether oxygens (including phenoxy) is 2. The highest BCUT2D eigenvalue weighted by molar-refractivity contribution is 7.89. The predicted octanol–water partition coefficient (Wildman–Crippen LogP) is 1.26. The molecule has 39 heavy (non-hydrogen) atoms. The Morgan fingerprint density at radius 1 is 1.15 bits per heavy atom. The third-order valence-corrected chi connectivity index (χ3v) is 8.32. The zero-order valence-electron chi connectivity index (χ0n) is 21.8. The number of anilines is 1. The van der Waals surface area contributed by atoms with Gasteiger partial charge < -0.3 is 39.4 Å². The molecule has 14 heteroatoms. The van der Waals surface area contributed by atoms with Gasteiger partial charge >= 0.3 is 6.09 Å². The van der Waals surface area contributed by atoms with E-state index in [-0.39, 0.29) is 30.4 Å². The maximum absolute atomic E-state index is 13.6. The molecule has 1 fully saturated rings. The smallest absolute Gasteiger partial charge is 0.407 e. The molecule has 1 saturated heterocycles. The van der Waals surface area contributed by atoms with Gasteiger partial charge in [-0.05, 0) is 42.2 Å². The predicted molar refractivity (Wildman–Crippen MR) is 140 cm³/mol. The third-order valence-electron chi connectivity index (χ3n) is 5.95. The summed E-state index contributed by atoms with van der Waals surface area (Å²) in [6.07, 6.45) is -2.41. The number of nitrogens with two attached hydrogens (primary N) is 1. The zero-order chi connectivity index (χ0) is 28.6. The average Bonchev–Trinajstić information content (AvgIpc) is 3.35. The van der Waals surface area contributed by atoms with Crippen LogP contribution in [0.3, 0.4) is 0 Å². The molecular formula is C25H34N3O9PS-2. The van der Waals surface area contributed by atoms with E-state index in [4.69, 9.17) is 19.7 Å². The average molecular weight is 584 g/mol. The Morgan fingerprint density at radius 2 is 1.82 bits per heavy atom. The Labute approximate surface area is 228 Å². The molecular weight excluding hydrogens is 549 g/mol. The Kier molecular flexibility index (Phi) is 10.9. The molecule has 1 amide bonds. The van der Waals surface area contributed by atoms with Crippen LogP contribution in [0.1, 0.15) is 25.8 Å². The van der Waals surface area contributed by atoms with Crippen molar-refractivity contribution in [3.63, 3.8) is 0 Å². The molecule has 216 valence electrons. The van der Waals surface area contributed by atoms with Crippen molar-refractivity contribution in [1.29, 1.82) is 0 Å². The Bertz CT molecular complexity index is 1220. The van der Waals surface area contributed by atoms with E-state index < -0.39 is 48.7 Å². The van der Waals surface area contributed by atoms with E-state index in [0.29, 0.717) is 24.3 Å². The second kappa shape index (κ2) is 13.7. The zero-order valence-corrected chi connectivity index (χ0v) is 23.5. The van der Waals surface area contributed by atoms with Crippen LogP contribution in [-0.4, -0.2) is 63.4 Å². The molecule has 0 radical (unpaired) electrons. The number of nitrogen functional groups attached to an aromatic ring is 1. The maximum atomic E-state index is 13.6. The fourth-order valence-corrected chi connectivity index (χ4v) is 6.31. The normalized spacial score (nSPS) is 17.7. The van der Waals surface area contributed by atoms with E-state index in [0.717, 1.165) is 4.31 Å². The molecule has 3 rings (SSSR count). The first-order valence-electron chi connectivity index (χ1n) is 12.5. The van der Waals surface area contributed by atoms with Gasteiger partial charge in [-0.3, -0.25) is 0 Å². The van der Waals surface area contributed by atoms with Gasteiger partial charge in [-0.25, -0.2) is 13.2 Å². The summed E-state index contributed by atoms with van der Waals surface area (Å²) >= 11 is 0. The lowest BCUT2D eigenvalue weighted by Crippen LogP contribution is -2.53. The molecule has 1 aliphatic rings. The van der Waals surface area contributed by atoms with Gasteiger partial charge in [-0.15, -0.1) is 0 Å². The molecule has 3 N–H and O–H groups in total. The van der Waals surface area contributed by atoms with Crippen LogP contribution >= 0.6 is 7.82 Å². The second-order valence-electron chi connectivity index (χ2n) is 9.71. The Balaban J connectivity index is 1.96. The summed E-state index contributed by atoms with van der Waals surface area (Å²) in [5.74, 6) is -0.173. The summed E-state index contributed by atoms with van der Waals surface area (Å²) in [7, 11) is -9.80. The van der Waals surface area contributed by atoms with E-state index in [2.05, 4.69) is 5.32 Å². The molecule has 0 spiro atoms. The lowest BCUT2D eigenvalue weighted by atomic mass is 10.0. The number of phosphoric ester groups is 1. The van der Waals surface area contributed by atoms with Crippen molar-refractivity contribution < 1.29 is 41.6 Å². The number of carbonyl (C=O) groups excluding carboxylic acids is 1. The third kappa shape index (κ3) is 9.87.